The molecule has 1 saturated heterocycles. The molecule has 0 atom stereocenters. The van der Waals surface area contributed by atoms with Crippen LogP contribution in [-0.2, 0) is 22.0 Å². The van der Waals surface area contributed by atoms with Gasteiger partial charge in [0.05, 0.1) is 23.6 Å². The molecule has 1 aromatic carbocycles. The third-order valence-electron chi connectivity index (χ3n) is 6.91. The van der Waals surface area contributed by atoms with Gasteiger partial charge in [-0.2, -0.15) is 13.2 Å². The first-order valence-electron chi connectivity index (χ1n) is 12.5. The van der Waals surface area contributed by atoms with Crippen molar-refractivity contribution in [1.29, 1.82) is 0 Å². The molecule has 2 aromatic rings. The molecule has 36 heavy (non-hydrogen) atoms. The monoisotopic (exact) mass is 524 g/mol. The molecule has 1 aromatic heterocycles. The van der Waals surface area contributed by atoms with Crippen molar-refractivity contribution in [2.75, 3.05) is 25.4 Å². The van der Waals surface area contributed by atoms with Crippen LogP contribution in [0.5, 0.6) is 5.75 Å². The summed E-state index contributed by atoms with van der Waals surface area (Å²) in [5.74, 6) is -0.454. The number of halogens is 3. The summed E-state index contributed by atoms with van der Waals surface area (Å²) in [4.78, 5) is 6.91. The topological polar surface area (TPSA) is 59.5 Å². The van der Waals surface area contributed by atoms with E-state index in [9.17, 15) is 21.6 Å². The predicted octanol–water partition coefficient (Wildman–Crippen LogP) is 5.82. The Hall–Kier alpha value is -2.13. The van der Waals surface area contributed by atoms with Crippen molar-refractivity contribution >= 4 is 9.84 Å². The van der Waals surface area contributed by atoms with Gasteiger partial charge in [0.1, 0.15) is 11.4 Å². The van der Waals surface area contributed by atoms with Crippen LogP contribution in [0.25, 0.3) is 11.3 Å². The number of benzene rings is 1. The Morgan fingerprint density at radius 1 is 1.06 bits per heavy atom. The predicted molar refractivity (Wildman–Crippen MR) is 135 cm³/mol. The van der Waals surface area contributed by atoms with Crippen molar-refractivity contribution in [3.05, 3.63) is 47.7 Å². The summed E-state index contributed by atoms with van der Waals surface area (Å²) in [6, 6.07) is 9.34. The Labute approximate surface area is 212 Å². The van der Waals surface area contributed by atoms with E-state index in [0.717, 1.165) is 62.2 Å². The first-order chi connectivity index (χ1) is 16.7. The third kappa shape index (κ3) is 7.22. The lowest BCUT2D eigenvalue weighted by Gasteiger charge is -2.45. The van der Waals surface area contributed by atoms with Crippen molar-refractivity contribution in [2.24, 2.45) is 5.41 Å². The molecule has 5 nitrogen and oxygen atoms in total. The van der Waals surface area contributed by atoms with Crippen LogP contribution in [0.2, 0.25) is 0 Å². The van der Waals surface area contributed by atoms with E-state index in [1.54, 1.807) is 12.1 Å². The summed E-state index contributed by atoms with van der Waals surface area (Å²) in [5, 5.41) is 0. The molecule has 1 spiro atoms. The van der Waals surface area contributed by atoms with Crippen LogP contribution >= 0.6 is 0 Å². The van der Waals surface area contributed by atoms with E-state index in [1.807, 2.05) is 12.1 Å². The number of nitrogens with zero attached hydrogens (tertiary/aromatic N) is 2. The fraction of sp³-hybridized carbons (Fsp3) is 0.593. The van der Waals surface area contributed by atoms with Gasteiger partial charge in [0.15, 0.2) is 9.84 Å². The first-order valence-corrected chi connectivity index (χ1v) is 14.3. The molecule has 198 valence electrons. The highest BCUT2D eigenvalue weighted by atomic mass is 32.2. The van der Waals surface area contributed by atoms with Gasteiger partial charge < -0.3 is 9.64 Å². The lowest BCUT2D eigenvalue weighted by Crippen LogP contribution is -2.51. The molecule has 2 aliphatic heterocycles. The zero-order valence-corrected chi connectivity index (χ0v) is 22.0. The Morgan fingerprint density at radius 2 is 1.78 bits per heavy atom. The van der Waals surface area contributed by atoms with Crippen LogP contribution in [0.15, 0.2) is 36.5 Å². The van der Waals surface area contributed by atoms with E-state index in [2.05, 4.69) is 36.7 Å². The number of ether oxygens (including phenoxy) is 1. The highest BCUT2D eigenvalue weighted by molar-refractivity contribution is 7.90. The molecule has 4 rings (SSSR count). The van der Waals surface area contributed by atoms with Crippen molar-refractivity contribution < 1.29 is 26.3 Å². The zero-order valence-electron chi connectivity index (χ0n) is 21.2. The minimum Gasteiger partial charge on any atom is -0.487 e. The van der Waals surface area contributed by atoms with Crippen LogP contribution in [0, 0.1) is 5.41 Å². The average molecular weight is 525 g/mol. The molecule has 3 heterocycles. The number of rotatable bonds is 6. The molecule has 0 amide bonds. The van der Waals surface area contributed by atoms with Gasteiger partial charge in [-0.05, 0) is 66.5 Å². The van der Waals surface area contributed by atoms with Gasteiger partial charge in [-0.3, -0.25) is 4.98 Å². The van der Waals surface area contributed by atoms with E-state index in [1.165, 1.54) is 6.20 Å². The van der Waals surface area contributed by atoms with Crippen molar-refractivity contribution in [3.8, 4) is 17.0 Å². The second kappa shape index (κ2) is 9.97. The lowest BCUT2D eigenvalue weighted by atomic mass is 9.82. The summed E-state index contributed by atoms with van der Waals surface area (Å²) < 4.78 is 67.7. The zero-order chi connectivity index (χ0) is 26.2. The van der Waals surface area contributed by atoms with Crippen LogP contribution in [-0.4, -0.2) is 55.5 Å². The molecular weight excluding hydrogens is 489 g/mol. The molecule has 0 bridgehead atoms. The Morgan fingerprint density at radius 3 is 2.39 bits per heavy atom. The SMILES string of the molecule is CC(C)(C)CN1CCC2(CCc3cc(-c4ccc(CS(=O)(=O)CCC(F)(F)F)cn4)ccc3O2)CC1. The number of alkyl halides is 3. The highest BCUT2D eigenvalue weighted by Gasteiger charge is 2.40. The smallest absolute Gasteiger partial charge is 0.390 e. The summed E-state index contributed by atoms with van der Waals surface area (Å²) in [6.45, 7) is 10.00. The fourth-order valence-electron chi connectivity index (χ4n) is 5.10. The normalized spacial score (nSPS) is 18.6. The largest absolute Gasteiger partial charge is 0.487 e. The molecule has 0 saturated carbocycles. The number of aromatic nitrogens is 1. The van der Waals surface area contributed by atoms with Gasteiger partial charge in [-0.25, -0.2) is 8.42 Å². The number of pyridine rings is 1. The van der Waals surface area contributed by atoms with E-state index in [0.29, 0.717) is 11.3 Å². The Balaban J connectivity index is 1.38. The second-order valence-corrected chi connectivity index (χ2v) is 13.6. The van der Waals surface area contributed by atoms with Gasteiger partial charge >= 0.3 is 6.18 Å². The maximum atomic E-state index is 12.4. The van der Waals surface area contributed by atoms with Crippen molar-refractivity contribution in [3.63, 3.8) is 0 Å². The van der Waals surface area contributed by atoms with Crippen LogP contribution < -0.4 is 4.74 Å². The van der Waals surface area contributed by atoms with Crippen LogP contribution in [0.1, 0.15) is 57.6 Å². The summed E-state index contributed by atoms with van der Waals surface area (Å²) in [7, 11) is -3.86. The van der Waals surface area contributed by atoms with Crippen LogP contribution in [0.4, 0.5) is 13.2 Å². The number of sulfone groups is 1. The third-order valence-corrected chi connectivity index (χ3v) is 8.51. The molecule has 0 N–H and O–H groups in total. The maximum Gasteiger partial charge on any atom is 0.390 e. The maximum absolute atomic E-state index is 12.4. The van der Waals surface area contributed by atoms with Gasteiger partial charge in [-0.1, -0.05) is 26.8 Å². The highest BCUT2D eigenvalue weighted by Crippen LogP contribution is 2.41. The number of aryl methyl sites for hydroxylation is 1. The van der Waals surface area contributed by atoms with E-state index < -0.39 is 33.9 Å². The molecular formula is C27H35F3N2O3S. The molecule has 2 aliphatic rings. The molecule has 0 aliphatic carbocycles. The Bertz CT molecular complexity index is 1160. The summed E-state index contributed by atoms with van der Waals surface area (Å²) in [6.07, 6.45) is -0.439. The second-order valence-electron chi connectivity index (χ2n) is 11.5. The molecule has 0 radical (unpaired) electrons. The van der Waals surface area contributed by atoms with Crippen LogP contribution in [0.3, 0.4) is 0 Å². The lowest BCUT2D eigenvalue weighted by molar-refractivity contribution is -0.129. The number of hydrogen-bond donors (Lipinski definition) is 0. The number of piperidine rings is 1. The van der Waals surface area contributed by atoms with Gasteiger partial charge in [-0.15, -0.1) is 0 Å². The molecule has 9 heteroatoms. The number of likely N-dealkylation sites (tertiary alicyclic amines) is 1. The minimum atomic E-state index is -4.49. The van der Waals surface area contributed by atoms with Crippen molar-refractivity contribution in [2.45, 2.75) is 70.4 Å². The van der Waals surface area contributed by atoms with Gasteiger partial charge in [0.25, 0.3) is 0 Å². The minimum absolute atomic E-state index is 0.0968. The fourth-order valence-corrected chi connectivity index (χ4v) is 6.47. The van der Waals surface area contributed by atoms with Gasteiger partial charge in [0, 0.05) is 31.4 Å². The average Bonchev–Trinajstić information content (AvgIpc) is 2.78. The summed E-state index contributed by atoms with van der Waals surface area (Å²) in [5.41, 5.74) is 3.29. The first kappa shape index (κ1) is 26.9. The van der Waals surface area contributed by atoms with E-state index in [4.69, 9.17) is 4.74 Å². The number of hydrogen-bond acceptors (Lipinski definition) is 5. The quantitative estimate of drug-likeness (QED) is 0.477. The van der Waals surface area contributed by atoms with E-state index in [-0.39, 0.29) is 11.0 Å². The standard InChI is InChI=1S/C27H35F3N2O3S/c1-25(2,3)19-32-13-10-26(11-14-32)9-8-22-16-21(5-7-24(22)35-26)23-6-4-20(17-31-23)18-36(33,34)15-12-27(28,29)30/h4-7,16-17H,8-15,18-19H2,1-3H3. The molecule has 1 fully saturated rings. The molecule has 0 unspecified atom stereocenters. The Kier molecular flexibility index (Phi) is 7.45. The van der Waals surface area contributed by atoms with Gasteiger partial charge in [0.2, 0.25) is 0 Å². The summed E-state index contributed by atoms with van der Waals surface area (Å²) >= 11 is 0. The van der Waals surface area contributed by atoms with E-state index >= 15 is 0 Å². The number of fused-ring (bicyclic) bond motifs is 1. The van der Waals surface area contributed by atoms with Crippen molar-refractivity contribution in [1.82, 2.24) is 9.88 Å².